The fraction of sp³-hybridized carbons (Fsp3) is 0.438. The maximum atomic E-state index is 12.0. The second-order valence-corrected chi connectivity index (χ2v) is 6.71. The molecule has 0 unspecified atom stereocenters. The van der Waals surface area contributed by atoms with Crippen molar-refractivity contribution in [3.8, 4) is 0 Å². The van der Waals surface area contributed by atoms with Crippen LogP contribution in [-0.4, -0.2) is 16.0 Å². The summed E-state index contributed by atoms with van der Waals surface area (Å²) in [4.78, 5) is 16.3. The van der Waals surface area contributed by atoms with E-state index in [1.165, 1.54) is 0 Å². The van der Waals surface area contributed by atoms with Gasteiger partial charge >= 0.3 is 0 Å². The number of hydrogen-bond acceptors (Lipinski definition) is 4. The number of aromatic nitrogens is 2. The van der Waals surface area contributed by atoms with Crippen LogP contribution in [0.1, 0.15) is 44.5 Å². The summed E-state index contributed by atoms with van der Waals surface area (Å²) in [6.07, 6.45) is 0.704. The molecule has 1 N–H and O–H groups in total. The highest BCUT2D eigenvalue weighted by molar-refractivity contribution is 6.30. The Labute approximate surface area is 135 Å². The van der Waals surface area contributed by atoms with Crippen LogP contribution in [0.3, 0.4) is 0 Å². The van der Waals surface area contributed by atoms with E-state index in [2.05, 4.69) is 15.5 Å². The van der Waals surface area contributed by atoms with Crippen LogP contribution in [0, 0.1) is 6.92 Å². The lowest BCUT2D eigenvalue weighted by atomic mass is 9.96. The van der Waals surface area contributed by atoms with E-state index in [1.54, 1.807) is 12.1 Å². The van der Waals surface area contributed by atoms with Crippen LogP contribution in [0.2, 0.25) is 5.02 Å². The van der Waals surface area contributed by atoms with Crippen LogP contribution < -0.4 is 5.32 Å². The zero-order valence-corrected chi connectivity index (χ0v) is 14.0. The van der Waals surface area contributed by atoms with Gasteiger partial charge in [0.15, 0.2) is 5.82 Å². The van der Waals surface area contributed by atoms with E-state index >= 15 is 0 Å². The van der Waals surface area contributed by atoms with E-state index in [4.69, 9.17) is 16.1 Å². The van der Waals surface area contributed by atoms with Gasteiger partial charge in [0, 0.05) is 29.0 Å². The lowest BCUT2D eigenvalue weighted by molar-refractivity contribution is -0.116. The number of amides is 1. The van der Waals surface area contributed by atoms with Crippen molar-refractivity contribution in [2.75, 3.05) is 5.32 Å². The van der Waals surface area contributed by atoms with Gasteiger partial charge in [0.05, 0.1) is 0 Å². The van der Waals surface area contributed by atoms with Crippen LogP contribution in [0.15, 0.2) is 22.7 Å². The number of aryl methyl sites for hydroxylation is 2. The monoisotopic (exact) mass is 321 g/mol. The van der Waals surface area contributed by atoms with Crippen LogP contribution in [0.25, 0.3) is 0 Å². The lowest BCUT2D eigenvalue weighted by Gasteiger charge is -2.10. The number of rotatable bonds is 4. The maximum absolute atomic E-state index is 12.0. The Bertz CT molecular complexity index is 674. The molecule has 2 rings (SSSR count). The van der Waals surface area contributed by atoms with Crippen molar-refractivity contribution < 1.29 is 9.32 Å². The third-order valence-electron chi connectivity index (χ3n) is 3.17. The summed E-state index contributed by atoms with van der Waals surface area (Å²) in [6, 6.07) is 5.35. The Morgan fingerprint density at radius 2 is 2.09 bits per heavy atom. The standard InChI is InChI=1S/C16H20ClN3O2/c1-10-9-11(17)5-6-12(10)18-13(21)7-8-14-19-15(20-22-14)16(2,3)4/h5-6,9H,7-8H2,1-4H3,(H,18,21). The highest BCUT2D eigenvalue weighted by atomic mass is 35.5. The molecule has 5 nitrogen and oxygen atoms in total. The number of hydrogen-bond donors (Lipinski definition) is 1. The third-order valence-corrected chi connectivity index (χ3v) is 3.40. The summed E-state index contributed by atoms with van der Waals surface area (Å²) < 4.78 is 5.17. The Morgan fingerprint density at radius 1 is 1.36 bits per heavy atom. The molecule has 22 heavy (non-hydrogen) atoms. The zero-order valence-electron chi connectivity index (χ0n) is 13.2. The van der Waals surface area contributed by atoms with E-state index in [0.717, 1.165) is 11.3 Å². The average Bonchev–Trinajstić information content (AvgIpc) is 2.88. The first-order valence-corrected chi connectivity index (χ1v) is 7.52. The van der Waals surface area contributed by atoms with E-state index in [1.807, 2.05) is 33.8 Å². The minimum absolute atomic E-state index is 0.0964. The van der Waals surface area contributed by atoms with Crippen molar-refractivity contribution >= 4 is 23.2 Å². The Hall–Kier alpha value is -1.88. The van der Waals surface area contributed by atoms with Gasteiger partial charge in [-0.2, -0.15) is 4.98 Å². The first-order chi connectivity index (χ1) is 10.3. The molecule has 1 aromatic carbocycles. The highest BCUT2D eigenvalue weighted by Crippen LogP contribution is 2.21. The van der Waals surface area contributed by atoms with Crippen molar-refractivity contribution in [3.05, 3.63) is 40.5 Å². The number of carbonyl (C=O) groups is 1. The molecule has 0 aliphatic heterocycles. The maximum Gasteiger partial charge on any atom is 0.227 e. The number of carbonyl (C=O) groups excluding carboxylic acids is 1. The summed E-state index contributed by atoms with van der Waals surface area (Å²) >= 11 is 5.89. The van der Waals surface area contributed by atoms with Gasteiger partial charge < -0.3 is 9.84 Å². The molecule has 1 amide bonds. The Balaban J connectivity index is 1.91. The summed E-state index contributed by atoms with van der Waals surface area (Å²) in [5.74, 6) is 1.03. The first kappa shape index (κ1) is 16.5. The van der Waals surface area contributed by atoms with Gasteiger partial charge in [-0.15, -0.1) is 0 Å². The van der Waals surface area contributed by atoms with Crippen molar-refractivity contribution in [1.29, 1.82) is 0 Å². The summed E-state index contributed by atoms with van der Waals surface area (Å²) in [5.41, 5.74) is 1.52. The van der Waals surface area contributed by atoms with Crippen LogP contribution in [0.4, 0.5) is 5.69 Å². The molecular formula is C16H20ClN3O2. The fourth-order valence-corrected chi connectivity index (χ4v) is 2.09. The van der Waals surface area contributed by atoms with Gasteiger partial charge in [0.25, 0.3) is 0 Å². The van der Waals surface area contributed by atoms with E-state index in [-0.39, 0.29) is 17.7 Å². The number of anilines is 1. The topological polar surface area (TPSA) is 68.0 Å². The molecule has 0 radical (unpaired) electrons. The Morgan fingerprint density at radius 3 is 2.68 bits per heavy atom. The predicted molar refractivity (Wildman–Crippen MR) is 86.1 cm³/mol. The van der Waals surface area contributed by atoms with Crippen LogP contribution in [-0.2, 0) is 16.6 Å². The molecule has 0 bridgehead atoms. The van der Waals surface area contributed by atoms with Gasteiger partial charge in [-0.05, 0) is 30.7 Å². The fourth-order valence-electron chi connectivity index (χ4n) is 1.86. The predicted octanol–water partition coefficient (Wildman–Crippen LogP) is 3.90. The number of halogens is 1. The Kier molecular flexibility index (Phi) is 4.86. The second kappa shape index (κ2) is 6.48. The number of nitrogens with zero attached hydrogens (tertiary/aromatic N) is 2. The van der Waals surface area contributed by atoms with Gasteiger partial charge in [-0.3, -0.25) is 4.79 Å². The molecule has 2 aromatic rings. The van der Waals surface area contributed by atoms with E-state index < -0.39 is 0 Å². The van der Waals surface area contributed by atoms with Gasteiger partial charge in [0.2, 0.25) is 11.8 Å². The molecule has 118 valence electrons. The highest BCUT2D eigenvalue weighted by Gasteiger charge is 2.21. The molecule has 0 atom stereocenters. The van der Waals surface area contributed by atoms with E-state index in [9.17, 15) is 4.79 Å². The normalized spacial score (nSPS) is 11.5. The molecule has 0 saturated heterocycles. The largest absolute Gasteiger partial charge is 0.339 e. The van der Waals surface area contributed by atoms with Gasteiger partial charge in [-0.1, -0.05) is 37.5 Å². The van der Waals surface area contributed by atoms with E-state index in [0.29, 0.717) is 23.2 Å². The van der Waals surface area contributed by atoms with Gasteiger partial charge in [-0.25, -0.2) is 0 Å². The molecule has 6 heteroatoms. The number of nitrogens with one attached hydrogen (secondary N) is 1. The molecule has 1 heterocycles. The lowest BCUT2D eigenvalue weighted by Crippen LogP contribution is -2.14. The average molecular weight is 322 g/mol. The smallest absolute Gasteiger partial charge is 0.227 e. The molecule has 1 aromatic heterocycles. The molecular weight excluding hydrogens is 302 g/mol. The SMILES string of the molecule is Cc1cc(Cl)ccc1NC(=O)CCc1nc(C(C)(C)C)no1. The zero-order chi connectivity index (χ0) is 16.3. The molecule has 0 spiro atoms. The minimum Gasteiger partial charge on any atom is -0.339 e. The molecule has 0 aliphatic carbocycles. The molecule has 0 fully saturated rings. The quantitative estimate of drug-likeness (QED) is 0.927. The van der Waals surface area contributed by atoms with Gasteiger partial charge in [0.1, 0.15) is 0 Å². The first-order valence-electron chi connectivity index (χ1n) is 7.15. The summed E-state index contributed by atoms with van der Waals surface area (Å²) in [7, 11) is 0. The van der Waals surface area contributed by atoms with Crippen molar-refractivity contribution in [2.24, 2.45) is 0 Å². The molecule has 0 aliphatic rings. The second-order valence-electron chi connectivity index (χ2n) is 6.27. The van der Waals surface area contributed by atoms with Crippen LogP contribution in [0.5, 0.6) is 0 Å². The van der Waals surface area contributed by atoms with Crippen LogP contribution >= 0.6 is 11.6 Å². The molecule has 0 saturated carbocycles. The van der Waals surface area contributed by atoms with Crippen molar-refractivity contribution in [2.45, 2.75) is 46.0 Å². The number of benzene rings is 1. The minimum atomic E-state index is -0.162. The third kappa shape index (κ3) is 4.31. The summed E-state index contributed by atoms with van der Waals surface area (Å²) in [5, 5.41) is 7.45. The van der Waals surface area contributed by atoms with Crippen molar-refractivity contribution in [3.63, 3.8) is 0 Å². The van der Waals surface area contributed by atoms with Crippen molar-refractivity contribution in [1.82, 2.24) is 10.1 Å². The summed E-state index contributed by atoms with van der Waals surface area (Å²) in [6.45, 7) is 7.93.